The first-order valence-corrected chi connectivity index (χ1v) is 6.55. The van der Waals surface area contributed by atoms with Crippen LogP contribution in [0.2, 0.25) is 0 Å². The molecule has 0 saturated carbocycles. The summed E-state index contributed by atoms with van der Waals surface area (Å²) in [5.41, 5.74) is 0.798. The topological polar surface area (TPSA) is 92.8 Å². The second-order valence-electron chi connectivity index (χ2n) is 4.86. The minimum atomic E-state index is -0.759. The van der Waals surface area contributed by atoms with E-state index in [4.69, 9.17) is 0 Å². The lowest BCUT2D eigenvalue weighted by molar-refractivity contribution is -0.135. The maximum absolute atomic E-state index is 12.1. The predicted molar refractivity (Wildman–Crippen MR) is 69.5 cm³/mol. The molecule has 2 aliphatic rings. The summed E-state index contributed by atoms with van der Waals surface area (Å²) < 4.78 is 4.35. The number of carbonyl (C=O) groups is 4. The van der Waals surface area contributed by atoms with E-state index in [0.717, 1.165) is 4.90 Å². The molecule has 1 fully saturated rings. The van der Waals surface area contributed by atoms with Gasteiger partial charge >= 0.3 is 12.1 Å². The van der Waals surface area contributed by atoms with Crippen LogP contribution in [-0.2, 0) is 9.53 Å². The lowest BCUT2D eigenvalue weighted by Crippen LogP contribution is -2.33. The molecule has 108 valence electrons. The number of amides is 3. The van der Waals surface area contributed by atoms with Crippen molar-refractivity contribution in [2.75, 3.05) is 6.54 Å². The molecule has 7 nitrogen and oxygen atoms in total. The zero-order chi connectivity index (χ0) is 15.0. The quantitative estimate of drug-likeness (QED) is 0.500. The molecule has 0 bridgehead atoms. The van der Waals surface area contributed by atoms with Crippen LogP contribution in [0, 0.1) is 0 Å². The number of hydrogen-bond donors (Lipinski definition) is 1. The summed E-state index contributed by atoms with van der Waals surface area (Å²) in [7, 11) is 0. The fraction of sp³-hybridized carbons (Fsp3) is 0.286. The number of imide groups is 1. The normalized spacial score (nSPS) is 20.6. The number of rotatable bonds is 4. The molecule has 1 atom stereocenters. The molecule has 0 radical (unpaired) electrons. The van der Waals surface area contributed by atoms with E-state index >= 15 is 0 Å². The summed E-state index contributed by atoms with van der Waals surface area (Å²) in [6.45, 7) is 0.200. The van der Waals surface area contributed by atoms with Crippen molar-refractivity contribution in [2.24, 2.45) is 0 Å². The molecule has 0 unspecified atom stereocenters. The molecule has 1 N–H and O–H groups in total. The van der Waals surface area contributed by atoms with Crippen molar-refractivity contribution in [2.45, 2.75) is 18.9 Å². The number of alkyl carbamates (subject to hydrolysis) is 1. The Labute approximate surface area is 119 Å². The van der Waals surface area contributed by atoms with Crippen LogP contribution in [0.25, 0.3) is 0 Å². The Kier molecular flexibility index (Phi) is 3.17. The molecule has 1 aromatic rings. The third kappa shape index (κ3) is 2.26. The minimum absolute atomic E-state index is 0.200. The summed E-state index contributed by atoms with van der Waals surface area (Å²) in [4.78, 5) is 47.5. The lowest BCUT2D eigenvalue weighted by Gasteiger charge is -2.14. The summed E-state index contributed by atoms with van der Waals surface area (Å²) in [6.07, 6.45) is -0.0329. The molecular weight excluding hydrogens is 276 g/mol. The van der Waals surface area contributed by atoms with Crippen LogP contribution < -0.4 is 5.32 Å². The van der Waals surface area contributed by atoms with Gasteiger partial charge in [0.15, 0.2) is 0 Å². The van der Waals surface area contributed by atoms with Crippen molar-refractivity contribution in [1.29, 1.82) is 0 Å². The van der Waals surface area contributed by atoms with E-state index in [-0.39, 0.29) is 18.4 Å². The van der Waals surface area contributed by atoms with Crippen LogP contribution >= 0.6 is 0 Å². The third-order valence-electron chi connectivity index (χ3n) is 3.52. The average Bonchev–Trinajstić information content (AvgIpc) is 2.91. The second kappa shape index (κ2) is 5.01. The predicted octanol–water partition coefficient (Wildman–Crippen LogP) is 0.698. The summed E-state index contributed by atoms with van der Waals surface area (Å²) >= 11 is 0. The van der Waals surface area contributed by atoms with Crippen molar-refractivity contribution >= 4 is 23.9 Å². The summed E-state index contributed by atoms with van der Waals surface area (Å²) in [5, 5.41) is 2.37. The Morgan fingerprint density at radius 3 is 2.19 bits per heavy atom. The second-order valence-corrected chi connectivity index (χ2v) is 4.86. The van der Waals surface area contributed by atoms with Crippen LogP contribution in [-0.4, -0.2) is 41.4 Å². The molecule has 2 heterocycles. The van der Waals surface area contributed by atoms with Gasteiger partial charge in [0.1, 0.15) is 6.04 Å². The van der Waals surface area contributed by atoms with Crippen molar-refractivity contribution < 1.29 is 23.9 Å². The average molecular weight is 288 g/mol. The number of fused-ring (bicyclic) bond motifs is 1. The zero-order valence-electron chi connectivity index (χ0n) is 11.0. The van der Waals surface area contributed by atoms with Crippen LogP contribution in [0.5, 0.6) is 0 Å². The zero-order valence-corrected chi connectivity index (χ0v) is 11.0. The Morgan fingerprint density at radius 1 is 1.05 bits per heavy atom. The van der Waals surface area contributed by atoms with Gasteiger partial charge in [0, 0.05) is 6.54 Å². The minimum Gasteiger partial charge on any atom is -0.375 e. The first-order valence-electron chi connectivity index (χ1n) is 6.55. The van der Waals surface area contributed by atoms with Crippen LogP contribution in [0.4, 0.5) is 4.79 Å². The number of hydrogen-bond acceptors (Lipinski definition) is 5. The fourth-order valence-corrected chi connectivity index (χ4v) is 2.48. The number of benzene rings is 1. The number of carbonyl (C=O) groups excluding carboxylic acids is 4. The SMILES string of the molecule is O=C1N[C@@H](CCCN2C(=O)c3ccccc3C2=O)C(=O)O1. The highest BCUT2D eigenvalue weighted by Crippen LogP contribution is 2.22. The monoisotopic (exact) mass is 288 g/mol. The molecule has 2 aliphatic heterocycles. The highest BCUT2D eigenvalue weighted by Gasteiger charge is 2.36. The van der Waals surface area contributed by atoms with Gasteiger partial charge in [0.05, 0.1) is 11.1 Å². The molecule has 0 aromatic heterocycles. The standard InChI is InChI=1S/C14H12N2O5/c17-11-8-4-1-2-5-9(8)12(18)16(11)7-3-6-10-13(19)21-14(20)15-10/h1-2,4-5,10H,3,6-7H2,(H,15,20)/t10-/m0/s1. The molecule has 0 spiro atoms. The fourth-order valence-electron chi connectivity index (χ4n) is 2.48. The van der Waals surface area contributed by atoms with Gasteiger partial charge in [0.2, 0.25) is 0 Å². The van der Waals surface area contributed by atoms with Crippen molar-refractivity contribution in [3.63, 3.8) is 0 Å². The Balaban J connectivity index is 1.60. The van der Waals surface area contributed by atoms with Gasteiger partial charge in [-0.05, 0) is 25.0 Å². The number of nitrogens with one attached hydrogen (secondary N) is 1. The van der Waals surface area contributed by atoms with Crippen molar-refractivity contribution in [1.82, 2.24) is 10.2 Å². The Morgan fingerprint density at radius 2 is 1.67 bits per heavy atom. The van der Waals surface area contributed by atoms with E-state index in [1.54, 1.807) is 24.3 Å². The van der Waals surface area contributed by atoms with Crippen LogP contribution in [0.3, 0.4) is 0 Å². The van der Waals surface area contributed by atoms with Crippen LogP contribution in [0.15, 0.2) is 24.3 Å². The molecule has 0 aliphatic carbocycles. The lowest BCUT2D eigenvalue weighted by atomic mass is 10.1. The van der Waals surface area contributed by atoms with Gasteiger partial charge in [-0.2, -0.15) is 0 Å². The van der Waals surface area contributed by atoms with Gasteiger partial charge in [0.25, 0.3) is 11.8 Å². The van der Waals surface area contributed by atoms with E-state index in [1.807, 2.05) is 0 Å². The van der Waals surface area contributed by atoms with Gasteiger partial charge in [-0.1, -0.05) is 12.1 Å². The summed E-state index contributed by atoms with van der Waals surface area (Å²) in [6, 6.07) is 5.94. The van der Waals surface area contributed by atoms with E-state index in [1.165, 1.54) is 0 Å². The molecule has 1 saturated heterocycles. The first-order chi connectivity index (χ1) is 10.1. The number of nitrogens with zero attached hydrogens (tertiary/aromatic N) is 1. The number of esters is 1. The van der Waals surface area contributed by atoms with E-state index in [9.17, 15) is 19.2 Å². The molecule has 3 rings (SSSR count). The Bertz CT molecular complexity index is 620. The number of cyclic esters (lactones) is 2. The van der Waals surface area contributed by atoms with E-state index in [0.29, 0.717) is 24.0 Å². The first kappa shape index (κ1) is 13.3. The van der Waals surface area contributed by atoms with Crippen LogP contribution in [0.1, 0.15) is 33.6 Å². The molecule has 1 aromatic carbocycles. The Hall–Kier alpha value is -2.70. The molecule has 21 heavy (non-hydrogen) atoms. The number of ether oxygens (including phenoxy) is 1. The third-order valence-corrected chi connectivity index (χ3v) is 3.52. The maximum atomic E-state index is 12.1. The van der Waals surface area contributed by atoms with Gasteiger partial charge in [-0.3, -0.25) is 14.5 Å². The highest BCUT2D eigenvalue weighted by atomic mass is 16.6. The van der Waals surface area contributed by atoms with E-state index < -0.39 is 18.1 Å². The molecule has 3 amide bonds. The van der Waals surface area contributed by atoms with Gasteiger partial charge < -0.3 is 10.1 Å². The van der Waals surface area contributed by atoms with E-state index in [2.05, 4.69) is 10.1 Å². The van der Waals surface area contributed by atoms with Gasteiger partial charge in [-0.25, -0.2) is 9.59 Å². The van der Waals surface area contributed by atoms with Crippen molar-refractivity contribution in [3.05, 3.63) is 35.4 Å². The maximum Gasteiger partial charge on any atom is 0.415 e. The van der Waals surface area contributed by atoms with Crippen molar-refractivity contribution in [3.8, 4) is 0 Å². The summed E-state index contributed by atoms with van der Waals surface area (Å²) in [5.74, 6) is -1.27. The highest BCUT2D eigenvalue weighted by molar-refractivity contribution is 6.21. The molecular formula is C14H12N2O5. The van der Waals surface area contributed by atoms with Gasteiger partial charge in [-0.15, -0.1) is 0 Å². The molecule has 7 heteroatoms. The smallest absolute Gasteiger partial charge is 0.375 e. The largest absolute Gasteiger partial charge is 0.415 e.